The number of benzene rings is 2. The maximum Gasteiger partial charge on any atom is 0.422 e. The van der Waals surface area contributed by atoms with Gasteiger partial charge in [-0.2, -0.15) is 26.3 Å². The van der Waals surface area contributed by atoms with Gasteiger partial charge >= 0.3 is 12.4 Å². The van der Waals surface area contributed by atoms with Gasteiger partial charge in [-0.05, 0) is 61.1 Å². The Morgan fingerprint density at radius 2 is 0.909 bits per heavy atom. The third-order valence-electron chi connectivity index (χ3n) is 6.20. The normalized spacial score (nSPS) is 18.6. The molecule has 180 valence electrons. The molecule has 0 saturated heterocycles. The van der Waals surface area contributed by atoms with Gasteiger partial charge in [0.2, 0.25) is 0 Å². The van der Waals surface area contributed by atoms with Crippen molar-refractivity contribution in [1.82, 2.24) is 0 Å². The molecule has 4 rings (SSSR count). The predicted molar refractivity (Wildman–Crippen MR) is 109 cm³/mol. The summed E-state index contributed by atoms with van der Waals surface area (Å²) < 4.78 is 89.4. The summed E-state index contributed by atoms with van der Waals surface area (Å²) in [5.41, 5.74) is 1.76. The van der Waals surface area contributed by atoms with Gasteiger partial charge in [-0.1, -0.05) is 24.3 Å². The first-order chi connectivity index (χ1) is 15.5. The summed E-state index contributed by atoms with van der Waals surface area (Å²) in [6, 6.07) is 13.3. The molecule has 2 aliphatic rings. The Hall–Kier alpha value is -2.42. The highest BCUT2D eigenvalue weighted by Crippen LogP contribution is 2.51. The average molecular weight is 474 g/mol. The Labute approximate surface area is 187 Å². The molecule has 0 aromatic heterocycles. The van der Waals surface area contributed by atoms with E-state index >= 15 is 0 Å². The lowest BCUT2D eigenvalue weighted by Gasteiger charge is -2.21. The molecule has 0 atom stereocenters. The van der Waals surface area contributed by atoms with Crippen molar-refractivity contribution in [3.63, 3.8) is 0 Å². The number of alkyl halides is 6. The third-order valence-corrected chi connectivity index (χ3v) is 6.20. The minimum absolute atomic E-state index is 0.131. The van der Waals surface area contributed by atoms with Crippen LogP contribution in [0.1, 0.15) is 36.8 Å². The lowest BCUT2D eigenvalue weighted by atomic mass is 9.95. The zero-order chi connectivity index (χ0) is 23.7. The maximum absolute atomic E-state index is 12.3. The van der Waals surface area contributed by atoms with Crippen LogP contribution >= 0.6 is 0 Å². The Morgan fingerprint density at radius 1 is 0.576 bits per heavy atom. The van der Waals surface area contributed by atoms with Gasteiger partial charge in [0.25, 0.3) is 0 Å². The van der Waals surface area contributed by atoms with Crippen LogP contribution in [0.2, 0.25) is 0 Å². The fourth-order valence-corrected chi connectivity index (χ4v) is 3.92. The smallest absolute Gasteiger partial charge is 0.422 e. The molecule has 0 unspecified atom stereocenters. The summed E-state index contributed by atoms with van der Waals surface area (Å²) in [5.74, 6) is 0.347. The maximum atomic E-state index is 12.3. The SMILES string of the molecule is FC(F)(F)COc1ccc(C2(COCC3(c4ccc(OCC(F)(F)F)cc4)CC3)CC2)cc1. The molecule has 0 radical (unpaired) electrons. The van der Waals surface area contributed by atoms with Crippen LogP contribution in [-0.4, -0.2) is 38.8 Å². The monoisotopic (exact) mass is 474 g/mol. The van der Waals surface area contributed by atoms with E-state index in [9.17, 15) is 26.3 Å². The quantitative estimate of drug-likeness (QED) is 0.376. The van der Waals surface area contributed by atoms with E-state index in [2.05, 4.69) is 0 Å². The van der Waals surface area contributed by atoms with Crippen molar-refractivity contribution in [3.8, 4) is 11.5 Å². The van der Waals surface area contributed by atoms with Crippen LogP contribution in [-0.2, 0) is 15.6 Å². The van der Waals surface area contributed by atoms with Crippen LogP contribution in [0.5, 0.6) is 11.5 Å². The van der Waals surface area contributed by atoms with Gasteiger partial charge in [-0.15, -0.1) is 0 Å². The van der Waals surface area contributed by atoms with E-state index in [1.807, 2.05) is 0 Å². The molecule has 0 aliphatic heterocycles. The van der Waals surface area contributed by atoms with Gasteiger partial charge in [-0.25, -0.2) is 0 Å². The molecule has 9 heteroatoms. The van der Waals surface area contributed by atoms with E-state index in [1.54, 1.807) is 48.5 Å². The number of halogens is 6. The zero-order valence-electron chi connectivity index (χ0n) is 17.8. The van der Waals surface area contributed by atoms with Gasteiger partial charge < -0.3 is 14.2 Å². The van der Waals surface area contributed by atoms with Crippen molar-refractivity contribution >= 4 is 0 Å². The van der Waals surface area contributed by atoms with Gasteiger partial charge in [0.05, 0.1) is 13.2 Å². The summed E-state index contributed by atoms with van der Waals surface area (Å²) >= 11 is 0. The van der Waals surface area contributed by atoms with Crippen LogP contribution in [0.4, 0.5) is 26.3 Å². The van der Waals surface area contributed by atoms with Gasteiger partial charge in [0.1, 0.15) is 11.5 Å². The lowest BCUT2D eigenvalue weighted by molar-refractivity contribution is -0.154. The van der Waals surface area contributed by atoms with Crippen LogP contribution in [0.15, 0.2) is 48.5 Å². The minimum Gasteiger partial charge on any atom is -0.484 e. The van der Waals surface area contributed by atoms with Crippen molar-refractivity contribution in [3.05, 3.63) is 59.7 Å². The Kier molecular flexibility index (Phi) is 6.28. The molecule has 2 fully saturated rings. The molecule has 3 nitrogen and oxygen atoms in total. The van der Waals surface area contributed by atoms with E-state index in [0.717, 1.165) is 36.8 Å². The predicted octanol–water partition coefficient (Wildman–Crippen LogP) is 6.35. The van der Waals surface area contributed by atoms with Crippen LogP contribution in [0.3, 0.4) is 0 Å². The fraction of sp³-hybridized carbons (Fsp3) is 0.500. The van der Waals surface area contributed by atoms with Crippen molar-refractivity contribution < 1.29 is 40.6 Å². The second-order valence-electron chi connectivity index (χ2n) is 8.91. The van der Waals surface area contributed by atoms with E-state index in [0.29, 0.717) is 13.2 Å². The fourth-order valence-electron chi connectivity index (χ4n) is 3.92. The molecule has 0 bridgehead atoms. The average Bonchev–Trinajstić information content (AvgIpc) is 3.68. The minimum atomic E-state index is -4.38. The largest absolute Gasteiger partial charge is 0.484 e. The van der Waals surface area contributed by atoms with E-state index < -0.39 is 25.6 Å². The van der Waals surface area contributed by atoms with Crippen LogP contribution in [0.25, 0.3) is 0 Å². The summed E-state index contributed by atoms with van der Waals surface area (Å²) in [7, 11) is 0. The molecular formula is C24H24F6O3. The number of hydrogen-bond donors (Lipinski definition) is 0. The molecule has 2 aromatic carbocycles. The number of hydrogen-bond acceptors (Lipinski definition) is 3. The highest BCUT2D eigenvalue weighted by Gasteiger charge is 2.48. The van der Waals surface area contributed by atoms with Gasteiger partial charge in [-0.3, -0.25) is 0 Å². The summed E-state index contributed by atoms with van der Waals surface area (Å²) in [6.07, 6.45) is -5.00. The summed E-state index contributed by atoms with van der Waals surface area (Å²) in [6.45, 7) is -1.63. The van der Waals surface area contributed by atoms with E-state index in [4.69, 9.17) is 14.2 Å². The molecule has 2 saturated carbocycles. The van der Waals surface area contributed by atoms with Crippen molar-refractivity contribution in [2.75, 3.05) is 26.4 Å². The molecule has 2 aromatic rings. The lowest BCUT2D eigenvalue weighted by Crippen LogP contribution is -2.22. The highest BCUT2D eigenvalue weighted by atomic mass is 19.4. The van der Waals surface area contributed by atoms with Crippen molar-refractivity contribution in [1.29, 1.82) is 0 Å². The third kappa shape index (κ3) is 6.34. The molecular weight excluding hydrogens is 450 g/mol. The number of rotatable bonds is 10. The summed E-state index contributed by atoms with van der Waals surface area (Å²) in [5, 5.41) is 0. The van der Waals surface area contributed by atoms with Crippen molar-refractivity contribution in [2.45, 2.75) is 48.9 Å². The second kappa shape index (κ2) is 8.74. The first-order valence-corrected chi connectivity index (χ1v) is 10.7. The molecule has 0 N–H and O–H groups in total. The Bertz CT molecular complexity index is 849. The standard InChI is InChI=1S/C24H24F6O3/c25-23(26,27)15-32-19-5-1-17(2-6-19)21(9-10-21)13-31-14-22(11-12-22)18-3-7-20(8-4-18)33-16-24(28,29)30/h1-8H,9-16H2. The van der Waals surface area contributed by atoms with Gasteiger partial charge in [0, 0.05) is 10.8 Å². The van der Waals surface area contributed by atoms with Crippen molar-refractivity contribution in [2.24, 2.45) is 0 Å². The number of ether oxygens (including phenoxy) is 3. The van der Waals surface area contributed by atoms with E-state index in [-0.39, 0.29) is 22.3 Å². The molecule has 0 heterocycles. The topological polar surface area (TPSA) is 27.7 Å². The molecule has 2 aliphatic carbocycles. The van der Waals surface area contributed by atoms with Crippen LogP contribution in [0, 0.1) is 0 Å². The summed E-state index contributed by atoms with van der Waals surface area (Å²) in [4.78, 5) is 0. The van der Waals surface area contributed by atoms with Crippen LogP contribution < -0.4 is 9.47 Å². The Balaban J connectivity index is 1.28. The molecule has 0 spiro atoms. The second-order valence-corrected chi connectivity index (χ2v) is 8.91. The zero-order valence-corrected chi connectivity index (χ0v) is 17.8. The molecule has 33 heavy (non-hydrogen) atoms. The highest BCUT2D eigenvalue weighted by molar-refractivity contribution is 5.37. The first kappa shape index (κ1) is 23.7. The van der Waals surface area contributed by atoms with E-state index in [1.165, 1.54) is 0 Å². The Morgan fingerprint density at radius 3 is 1.18 bits per heavy atom. The molecule has 0 amide bonds. The van der Waals surface area contributed by atoms with Gasteiger partial charge in [0.15, 0.2) is 13.2 Å². The first-order valence-electron chi connectivity index (χ1n) is 10.7.